The molecule has 1 amide bonds. The van der Waals surface area contributed by atoms with E-state index < -0.39 is 10.0 Å². The maximum absolute atomic E-state index is 13.0. The fraction of sp³-hybridized carbons (Fsp3) is 0.474. The summed E-state index contributed by atoms with van der Waals surface area (Å²) < 4.78 is 27.7. The lowest BCUT2D eigenvalue weighted by Gasteiger charge is -2.33. The van der Waals surface area contributed by atoms with Gasteiger partial charge in [0.25, 0.3) is 5.91 Å². The molecule has 1 saturated carbocycles. The number of imidazole rings is 1. The third-order valence-corrected chi connectivity index (χ3v) is 7.92. The highest BCUT2D eigenvalue weighted by molar-refractivity contribution is 7.89. The third kappa shape index (κ3) is 3.47. The number of carbonyl (C=O) groups excluding carboxylic acids is 1. The van der Waals surface area contributed by atoms with Crippen LogP contribution in [0.3, 0.4) is 0 Å². The van der Waals surface area contributed by atoms with Crippen LogP contribution in [0.15, 0.2) is 31.0 Å². The van der Waals surface area contributed by atoms with Crippen molar-refractivity contribution in [3.05, 3.63) is 36.7 Å². The van der Waals surface area contributed by atoms with Crippen LogP contribution in [0.25, 0.3) is 17.0 Å². The number of hydrogen-bond acceptors (Lipinski definition) is 6. The molecule has 2 aliphatic rings. The summed E-state index contributed by atoms with van der Waals surface area (Å²) in [4.78, 5) is 29.0. The van der Waals surface area contributed by atoms with Crippen molar-refractivity contribution < 1.29 is 13.2 Å². The average molecular weight is 430 g/mol. The van der Waals surface area contributed by atoms with E-state index in [9.17, 15) is 13.2 Å². The number of rotatable bonds is 4. The third-order valence-electron chi connectivity index (χ3n) is 5.92. The summed E-state index contributed by atoms with van der Waals surface area (Å²) in [5, 5.41) is 3.08. The number of aromatic amines is 1. The van der Waals surface area contributed by atoms with E-state index in [-0.39, 0.29) is 29.4 Å². The van der Waals surface area contributed by atoms with E-state index >= 15 is 0 Å². The summed E-state index contributed by atoms with van der Waals surface area (Å²) in [6.45, 7) is 0.618. The first-order valence-corrected chi connectivity index (χ1v) is 11.8. The minimum absolute atomic E-state index is 0.00395. The Bertz CT molecular complexity index is 1160. The SMILES string of the molecule is O=C(NC1CCC(N2CCCS2(=O)=O)CC1)c1nc(-n2ccnc2)nc2cc[nH]c12. The molecule has 11 heteroatoms. The average Bonchev–Trinajstić information content (AvgIpc) is 3.48. The predicted molar refractivity (Wildman–Crippen MR) is 110 cm³/mol. The first kappa shape index (κ1) is 19.2. The van der Waals surface area contributed by atoms with E-state index in [1.807, 2.05) is 0 Å². The molecule has 0 atom stereocenters. The lowest BCUT2D eigenvalue weighted by atomic mass is 9.91. The van der Waals surface area contributed by atoms with Gasteiger partial charge in [-0.05, 0) is 38.2 Å². The molecule has 10 nitrogen and oxygen atoms in total. The smallest absolute Gasteiger partial charge is 0.272 e. The normalized spacial score (nSPS) is 24.3. The number of H-pyrrole nitrogens is 1. The van der Waals surface area contributed by atoms with Crippen molar-refractivity contribution in [3.8, 4) is 5.95 Å². The molecular weight excluding hydrogens is 406 g/mol. The Morgan fingerprint density at radius 1 is 1.20 bits per heavy atom. The minimum atomic E-state index is -3.10. The molecule has 3 aromatic heterocycles. The minimum Gasteiger partial charge on any atom is -0.358 e. The first-order chi connectivity index (χ1) is 14.5. The second kappa shape index (κ2) is 7.47. The van der Waals surface area contributed by atoms with Crippen molar-refractivity contribution in [2.24, 2.45) is 0 Å². The summed E-state index contributed by atoms with van der Waals surface area (Å²) in [6, 6.07) is 1.85. The van der Waals surface area contributed by atoms with Crippen LogP contribution in [-0.2, 0) is 10.0 Å². The number of aromatic nitrogens is 5. The van der Waals surface area contributed by atoms with Crippen LogP contribution in [0.4, 0.5) is 0 Å². The Labute approximate surface area is 173 Å². The standard InChI is InChI=1S/C19H23N7O3S/c27-18(22-13-2-4-14(5-3-13)26-9-1-11-30(26,28)29)17-16-15(6-7-21-16)23-19(24-17)25-10-8-20-12-25/h6-8,10,12-14,21H,1-5,9,11H2,(H,22,27). The molecule has 1 aliphatic carbocycles. The summed E-state index contributed by atoms with van der Waals surface area (Å²) in [7, 11) is -3.10. The van der Waals surface area contributed by atoms with Crippen molar-refractivity contribution in [2.45, 2.75) is 44.2 Å². The summed E-state index contributed by atoms with van der Waals surface area (Å²) in [5.41, 5.74) is 1.54. The van der Waals surface area contributed by atoms with Crippen molar-refractivity contribution in [2.75, 3.05) is 12.3 Å². The molecule has 0 unspecified atom stereocenters. The van der Waals surface area contributed by atoms with Gasteiger partial charge in [0, 0.05) is 37.2 Å². The molecule has 0 bridgehead atoms. The van der Waals surface area contributed by atoms with Gasteiger partial charge in [0.2, 0.25) is 16.0 Å². The van der Waals surface area contributed by atoms with Crippen molar-refractivity contribution in [1.82, 2.24) is 34.1 Å². The predicted octanol–water partition coefficient (Wildman–Crippen LogP) is 1.22. The highest BCUT2D eigenvalue weighted by Crippen LogP contribution is 2.28. The summed E-state index contributed by atoms with van der Waals surface area (Å²) in [6.07, 6.45) is 10.4. The molecule has 158 valence electrons. The van der Waals surface area contributed by atoms with Gasteiger partial charge in [-0.25, -0.2) is 23.4 Å². The van der Waals surface area contributed by atoms with Crippen LogP contribution in [-0.4, -0.2) is 67.5 Å². The lowest BCUT2D eigenvalue weighted by molar-refractivity contribution is 0.0915. The molecule has 4 heterocycles. The first-order valence-electron chi connectivity index (χ1n) is 10.1. The van der Waals surface area contributed by atoms with Gasteiger partial charge in [0.1, 0.15) is 6.33 Å². The fourth-order valence-corrected chi connectivity index (χ4v) is 6.22. The van der Waals surface area contributed by atoms with Crippen LogP contribution in [0, 0.1) is 0 Å². The van der Waals surface area contributed by atoms with E-state index in [0.29, 0.717) is 29.9 Å². The number of fused-ring (bicyclic) bond motifs is 1. The second-order valence-electron chi connectivity index (χ2n) is 7.84. The molecule has 5 rings (SSSR count). The lowest BCUT2D eigenvalue weighted by Crippen LogP contribution is -2.44. The molecule has 2 fully saturated rings. The van der Waals surface area contributed by atoms with Crippen LogP contribution in [0.1, 0.15) is 42.6 Å². The molecular formula is C19H23N7O3S. The van der Waals surface area contributed by atoms with Crippen molar-refractivity contribution in [1.29, 1.82) is 0 Å². The number of carbonyl (C=O) groups is 1. The molecule has 0 spiro atoms. The zero-order chi connectivity index (χ0) is 20.7. The van der Waals surface area contributed by atoms with Gasteiger partial charge in [-0.2, -0.15) is 4.31 Å². The van der Waals surface area contributed by atoms with Crippen molar-refractivity contribution >= 4 is 27.0 Å². The van der Waals surface area contributed by atoms with Gasteiger partial charge in [0.05, 0.1) is 16.8 Å². The molecule has 0 radical (unpaired) electrons. The quantitative estimate of drug-likeness (QED) is 0.642. The van der Waals surface area contributed by atoms with Gasteiger partial charge in [-0.1, -0.05) is 0 Å². The fourth-order valence-electron chi connectivity index (χ4n) is 4.42. The van der Waals surface area contributed by atoms with Crippen LogP contribution in [0.5, 0.6) is 0 Å². The van der Waals surface area contributed by atoms with E-state index in [4.69, 9.17) is 0 Å². The van der Waals surface area contributed by atoms with Crippen LogP contribution in [0.2, 0.25) is 0 Å². The van der Waals surface area contributed by atoms with E-state index in [0.717, 1.165) is 25.7 Å². The monoisotopic (exact) mass is 429 g/mol. The molecule has 1 aliphatic heterocycles. The summed E-state index contributed by atoms with van der Waals surface area (Å²) >= 11 is 0. The molecule has 1 saturated heterocycles. The Balaban J connectivity index is 1.31. The second-order valence-corrected chi connectivity index (χ2v) is 9.88. The highest BCUT2D eigenvalue weighted by atomic mass is 32.2. The molecule has 3 aromatic rings. The number of nitrogens with zero attached hydrogens (tertiary/aromatic N) is 5. The van der Waals surface area contributed by atoms with E-state index in [1.54, 1.807) is 39.9 Å². The van der Waals surface area contributed by atoms with Crippen LogP contribution >= 0.6 is 0 Å². The van der Waals surface area contributed by atoms with Gasteiger partial charge >= 0.3 is 0 Å². The molecule has 0 aromatic carbocycles. The maximum Gasteiger partial charge on any atom is 0.272 e. The summed E-state index contributed by atoms with van der Waals surface area (Å²) in [5.74, 6) is 0.374. The zero-order valence-electron chi connectivity index (χ0n) is 16.4. The number of sulfonamides is 1. The maximum atomic E-state index is 13.0. The Kier molecular flexibility index (Phi) is 4.78. The molecule has 2 N–H and O–H groups in total. The Hall–Kier alpha value is -2.79. The van der Waals surface area contributed by atoms with Crippen molar-refractivity contribution in [3.63, 3.8) is 0 Å². The Morgan fingerprint density at radius 2 is 2.03 bits per heavy atom. The molecule has 30 heavy (non-hydrogen) atoms. The van der Waals surface area contributed by atoms with E-state index in [1.165, 1.54) is 0 Å². The van der Waals surface area contributed by atoms with Gasteiger partial charge in [-0.15, -0.1) is 0 Å². The van der Waals surface area contributed by atoms with Gasteiger partial charge in [-0.3, -0.25) is 9.36 Å². The highest BCUT2D eigenvalue weighted by Gasteiger charge is 2.36. The van der Waals surface area contributed by atoms with E-state index in [2.05, 4.69) is 25.3 Å². The largest absolute Gasteiger partial charge is 0.358 e. The number of hydrogen-bond donors (Lipinski definition) is 2. The Morgan fingerprint density at radius 3 is 2.73 bits per heavy atom. The topological polar surface area (TPSA) is 126 Å². The van der Waals surface area contributed by atoms with Crippen LogP contribution < -0.4 is 5.32 Å². The number of amides is 1. The van der Waals surface area contributed by atoms with Gasteiger partial charge < -0.3 is 10.3 Å². The number of nitrogens with one attached hydrogen (secondary N) is 2. The zero-order valence-corrected chi connectivity index (χ0v) is 17.2. The van der Waals surface area contributed by atoms with Gasteiger partial charge in [0.15, 0.2) is 5.69 Å².